The van der Waals surface area contributed by atoms with Gasteiger partial charge in [-0.15, -0.1) is 0 Å². The van der Waals surface area contributed by atoms with E-state index >= 15 is 0 Å². The molecule has 1 aromatic rings. The molecule has 0 aliphatic carbocycles. The Morgan fingerprint density at radius 2 is 1.71 bits per heavy atom. The molecule has 0 saturated carbocycles. The lowest BCUT2D eigenvalue weighted by atomic mass is 10.1. The van der Waals surface area contributed by atoms with Crippen LogP contribution in [0.3, 0.4) is 0 Å². The van der Waals surface area contributed by atoms with Gasteiger partial charge in [0, 0.05) is 30.6 Å². The van der Waals surface area contributed by atoms with Crippen LogP contribution in [0.4, 0.5) is 0 Å². The van der Waals surface area contributed by atoms with Crippen LogP contribution in [0.25, 0.3) is 0 Å². The van der Waals surface area contributed by atoms with E-state index in [0.717, 1.165) is 5.56 Å². The molecule has 0 aliphatic heterocycles. The van der Waals surface area contributed by atoms with Gasteiger partial charge in [-0.3, -0.25) is 9.59 Å². The molecule has 0 spiro atoms. The van der Waals surface area contributed by atoms with Crippen LogP contribution in [0.15, 0.2) is 24.3 Å². The molecule has 0 radical (unpaired) electrons. The first-order valence-electron chi connectivity index (χ1n) is 6.85. The molecule has 0 aliphatic rings. The standard InChI is InChI=1S/C15H21N3O2S/c1-10(2)9-18-13(19)7-8-17-15(20)12-5-3-11(4-6-12)14(16)21/h3-6,10H,7-9H2,1-2H3,(H2,16,21)(H,17,20)(H,18,19). The zero-order chi connectivity index (χ0) is 15.8. The number of benzene rings is 1. The van der Waals surface area contributed by atoms with Crippen LogP contribution >= 0.6 is 12.2 Å². The first-order chi connectivity index (χ1) is 9.90. The van der Waals surface area contributed by atoms with E-state index in [9.17, 15) is 9.59 Å². The molecule has 2 amide bonds. The van der Waals surface area contributed by atoms with Gasteiger partial charge in [-0.2, -0.15) is 0 Å². The molecule has 0 heterocycles. The first kappa shape index (κ1) is 17.1. The van der Waals surface area contributed by atoms with Gasteiger partial charge >= 0.3 is 0 Å². The lowest BCUT2D eigenvalue weighted by Crippen LogP contribution is -2.32. The number of nitrogens with two attached hydrogens (primary N) is 1. The molecule has 4 N–H and O–H groups in total. The topological polar surface area (TPSA) is 84.2 Å². The summed E-state index contributed by atoms with van der Waals surface area (Å²) in [5, 5.41) is 5.50. The van der Waals surface area contributed by atoms with E-state index in [2.05, 4.69) is 10.6 Å². The Kier molecular flexibility index (Phi) is 6.81. The number of rotatable bonds is 7. The Hall–Kier alpha value is -1.95. The predicted octanol–water partition coefficient (Wildman–Crippen LogP) is 1.21. The van der Waals surface area contributed by atoms with Crippen LogP contribution in [0.1, 0.15) is 36.2 Å². The van der Waals surface area contributed by atoms with Crippen LogP contribution in [0.5, 0.6) is 0 Å². The minimum Gasteiger partial charge on any atom is -0.389 e. The van der Waals surface area contributed by atoms with Crippen molar-refractivity contribution in [1.82, 2.24) is 10.6 Å². The third-order valence-electron chi connectivity index (χ3n) is 2.78. The van der Waals surface area contributed by atoms with Gasteiger partial charge in [-0.25, -0.2) is 0 Å². The molecule has 1 aromatic carbocycles. The molecule has 0 unspecified atom stereocenters. The van der Waals surface area contributed by atoms with Gasteiger partial charge in [-0.05, 0) is 18.1 Å². The molecular weight excluding hydrogens is 286 g/mol. The van der Waals surface area contributed by atoms with Crippen molar-refractivity contribution in [1.29, 1.82) is 0 Å². The summed E-state index contributed by atoms with van der Waals surface area (Å²) in [5.41, 5.74) is 6.72. The predicted molar refractivity (Wildman–Crippen MR) is 87.1 cm³/mol. The highest BCUT2D eigenvalue weighted by Gasteiger charge is 2.07. The number of carbonyl (C=O) groups is 2. The Bertz CT molecular complexity index is 512. The summed E-state index contributed by atoms with van der Waals surface area (Å²) in [6.45, 7) is 5.00. The normalized spacial score (nSPS) is 10.2. The summed E-state index contributed by atoms with van der Waals surface area (Å²) in [6.07, 6.45) is 0.267. The molecule has 114 valence electrons. The van der Waals surface area contributed by atoms with E-state index in [4.69, 9.17) is 18.0 Å². The van der Waals surface area contributed by atoms with E-state index in [1.165, 1.54) is 0 Å². The maximum Gasteiger partial charge on any atom is 0.251 e. The fraction of sp³-hybridized carbons (Fsp3) is 0.400. The fourth-order valence-electron chi connectivity index (χ4n) is 1.58. The quantitative estimate of drug-likeness (QED) is 0.661. The van der Waals surface area contributed by atoms with Crippen molar-refractivity contribution in [3.8, 4) is 0 Å². The molecule has 0 fully saturated rings. The number of thiocarbonyl (C=S) groups is 1. The lowest BCUT2D eigenvalue weighted by molar-refractivity contribution is -0.121. The maximum atomic E-state index is 11.9. The van der Waals surface area contributed by atoms with Crippen molar-refractivity contribution >= 4 is 29.0 Å². The van der Waals surface area contributed by atoms with Crippen LogP contribution in [-0.2, 0) is 4.79 Å². The van der Waals surface area contributed by atoms with Gasteiger partial charge in [0.1, 0.15) is 4.99 Å². The summed E-state index contributed by atoms with van der Waals surface area (Å²) in [6, 6.07) is 6.71. The van der Waals surface area contributed by atoms with E-state index < -0.39 is 0 Å². The molecule has 0 aromatic heterocycles. The van der Waals surface area contributed by atoms with E-state index in [0.29, 0.717) is 29.6 Å². The van der Waals surface area contributed by atoms with Crippen LogP contribution < -0.4 is 16.4 Å². The van der Waals surface area contributed by atoms with Gasteiger partial charge in [0.2, 0.25) is 5.91 Å². The second-order valence-electron chi connectivity index (χ2n) is 5.15. The van der Waals surface area contributed by atoms with Crippen molar-refractivity contribution in [2.24, 2.45) is 11.7 Å². The highest BCUT2D eigenvalue weighted by atomic mass is 32.1. The van der Waals surface area contributed by atoms with E-state index in [1.807, 2.05) is 13.8 Å². The molecular formula is C15H21N3O2S. The van der Waals surface area contributed by atoms with Crippen molar-refractivity contribution in [3.05, 3.63) is 35.4 Å². The average molecular weight is 307 g/mol. The zero-order valence-corrected chi connectivity index (χ0v) is 13.1. The average Bonchev–Trinajstić information content (AvgIpc) is 2.45. The molecule has 0 bridgehead atoms. The highest BCUT2D eigenvalue weighted by molar-refractivity contribution is 7.80. The van der Waals surface area contributed by atoms with Crippen molar-refractivity contribution in [2.75, 3.05) is 13.1 Å². The summed E-state index contributed by atoms with van der Waals surface area (Å²) in [5.74, 6) is 0.129. The highest BCUT2D eigenvalue weighted by Crippen LogP contribution is 2.04. The third kappa shape index (κ3) is 6.35. The summed E-state index contributed by atoms with van der Waals surface area (Å²) >= 11 is 4.85. The minimum absolute atomic E-state index is 0.0622. The first-order valence-corrected chi connectivity index (χ1v) is 7.25. The van der Waals surface area contributed by atoms with Crippen LogP contribution in [-0.4, -0.2) is 29.9 Å². The SMILES string of the molecule is CC(C)CNC(=O)CCNC(=O)c1ccc(C(N)=S)cc1. The molecule has 5 nitrogen and oxygen atoms in total. The van der Waals surface area contributed by atoms with Gasteiger partial charge in [0.05, 0.1) is 0 Å². The van der Waals surface area contributed by atoms with Crippen LogP contribution in [0.2, 0.25) is 0 Å². The van der Waals surface area contributed by atoms with E-state index in [-0.39, 0.29) is 18.2 Å². The number of hydrogen-bond acceptors (Lipinski definition) is 3. The minimum atomic E-state index is -0.221. The van der Waals surface area contributed by atoms with Gasteiger partial charge < -0.3 is 16.4 Å². The van der Waals surface area contributed by atoms with Crippen molar-refractivity contribution in [3.63, 3.8) is 0 Å². The fourth-order valence-corrected chi connectivity index (χ4v) is 1.72. The molecule has 6 heteroatoms. The lowest BCUT2D eigenvalue weighted by Gasteiger charge is -2.08. The van der Waals surface area contributed by atoms with Gasteiger partial charge in [0.15, 0.2) is 0 Å². The number of carbonyl (C=O) groups excluding carboxylic acids is 2. The van der Waals surface area contributed by atoms with Gasteiger partial charge in [0.25, 0.3) is 5.91 Å². The van der Waals surface area contributed by atoms with Gasteiger partial charge in [-0.1, -0.05) is 38.2 Å². The molecule has 0 saturated heterocycles. The molecule has 1 rings (SSSR count). The second kappa shape index (κ2) is 8.36. The number of hydrogen-bond donors (Lipinski definition) is 3. The Balaban J connectivity index is 2.37. The summed E-state index contributed by atoms with van der Waals surface area (Å²) in [4.78, 5) is 23.7. The summed E-state index contributed by atoms with van der Waals surface area (Å²) in [7, 11) is 0. The molecule has 21 heavy (non-hydrogen) atoms. The Morgan fingerprint density at radius 1 is 1.14 bits per heavy atom. The van der Waals surface area contributed by atoms with E-state index in [1.54, 1.807) is 24.3 Å². The summed E-state index contributed by atoms with van der Waals surface area (Å²) < 4.78 is 0. The maximum absolute atomic E-state index is 11.9. The smallest absolute Gasteiger partial charge is 0.251 e. The largest absolute Gasteiger partial charge is 0.389 e. The third-order valence-corrected chi connectivity index (χ3v) is 3.01. The van der Waals surface area contributed by atoms with Crippen molar-refractivity contribution in [2.45, 2.75) is 20.3 Å². The molecule has 0 atom stereocenters. The number of amides is 2. The number of nitrogens with one attached hydrogen (secondary N) is 2. The monoisotopic (exact) mass is 307 g/mol. The Morgan fingerprint density at radius 3 is 2.24 bits per heavy atom. The van der Waals surface area contributed by atoms with Crippen molar-refractivity contribution < 1.29 is 9.59 Å². The zero-order valence-electron chi connectivity index (χ0n) is 12.3. The van der Waals surface area contributed by atoms with Crippen LogP contribution in [0, 0.1) is 5.92 Å². The second-order valence-corrected chi connectivity index (χ2v) is 5.59. The Labute approximate surface area is 130 Å².